The predicted molar refractivity (Wildman–Crippen MR) is 87.8 cm³/mol. The smallest absolute Gasteiger partial charge is 0.119 e. The van der Waals surface area contributed by atoms with E-state index < -0.39 is 0 Å². The molecule has 106 valence electrons. The summed E-state index contributed by atoms with van der Waals surface area (Å²) in [6.07, 6.45) is 3.45. The van der Waals surface area contributed by atoms with Crippen molar-refractivity contribution < 1.29 is 4.74 Å². The Bertz CT molecular complexity index is 596. The van der Waals surface area contributed by atoms with Gasteiger partial charge in [0.25, 0.3) is 0 Å². The van der Waals surface area contributed by atoms with E-state index in [-0.39, 0.29) is 0 Å². The largest absolute Gasteiger partial charge is 0.497 e. The first-order valence-electron chi connectivity index (χ1n) is 6.90. The van der Waals surface area contributed by atoms with Gasteiger partial charge in [-0.15, -0.1) is 11.3 Å². The molecule has 0 bridgehead atoms. The van der Waals surface area contributed by atoms with Crippen LogP contribution < -0.4 is 10.1 Å². The van der Waals surface area contributed by atoms with E-state index in [1.54, 1.807) is 7.11 Å². The number of fused-ring (bicyclic) bond motifs is 1. The third-order valence-electron chi connectivity index (χ3n) is 3.82. The number of rotatable bonds is 5. The second-order valence-corrected chi connectivity index (χ2v) is 7.61. The lowest BCUT2D eigenvalue weighted by Gasteiger charge is -2.14. The number of ether oxygens (including phenoxy) is 1. The number of nitrogens with one attached hydrogen (secondary N) is 1. The Labute approximate surface area is 132 Å². The Morgan fingerprint density at radius 3 is 3.00 bits per heavy atom. The van der Waals surface area contributed by atoms with Crippen LogP contribution in [0.5, 0.6) is 5.75 Å². The van der Waals surface area contributed by atoms with E-state index in [9.17, 15) is 0 Å². The van der Waals surface area contributed by atoms with Crippen molar-refractivity contribution in [3.05, 3.63) is 50.1 Å². The summed E-state index contributed by atoms with van der Waals surface area (Å²) in [6, 6.07) is 11.2. The summed E-state index contributed by atoms with van der Waals surface area (Å²) in [4.78, 5) is 1.42. The Morgan fingerprint density at radius 2 is 2.25 bits per heavy atom. The lowest BCUT2D eigenvalue weighted by Crippen LogP contribution is -2.21. The molecule has 0 amide bonds. The molecule has 0 saturated carbocycles. The molecule has 1 aliphatic carbocycles. The summed E-state index contributed by atoms with van der Waals surface area (Å²) in [6.45, 7) is 1.02. The van der Waals surface area contributed by atoms with Crippen LogP contribution in [0.2, 0.25) is 0 Å². The normalized spacial score (nSPS) is 17.2. The third-order valence-corrected chi connectivity index (χ3v) is 5.51. The third kappa shape index (κ3) is 3.08. The van der Waals surface area contributed by atoms with Crippen molar-refractivity contribution in [1.82, 2.24) is 5.32 Å². The molecule has 0 saturated heterocycles. The van der Waals surface area contributed by atoms with Crippen LogP contribution in [0.1, 0.15) is 28.5 Å². The van der Waals surface area contributed by atoms with Gasteiger partial charge in [0.15, 0.2) is 0 Å². The first kappa shape index (κ1) is 14.1. The lowest BCUT2D eigenvalue weighted by atomic mass is 10.1. The fourth-order valence-electron chi connectivity index (χ4n) is 2.78. The van der Waals surface area contributed by atoms with E-state index in [4.69, 9.17) is 4.74 Å². The zero-order valence-electron chi connectivity index (χ0n) is 11.5. The molecule has 1 atom stereocenters. The van der Waals surface area contributed by atoms with Crippen molar-refractivity contribution in [2.24, 2.45) is 0 Å². The molecule has 1 aliphatic rings. The molecule has 0 radical (unpaired) electrons. The molecule has 0 aliphatic heterocycles. The van der Waals surface area contributed by atoms with Crippen LogP contribution in [0, 0.1) is 0 Å². The predicted octanol–water partition coefficient (Wildman–Crippen LogP) is 4.34. The highest BCUT2D eigenvalue weighted by atomic mass is 79.9. The first-order chi connectivity index (χ1) is 9.76. The molecule has 0 spiro atoms. The molecule has 1 N–H and O–H groups in total. The van der Waals surface area contributed by atoms with E-state index in [1.807, 2.05) is 11.3 Å². The maximum Gasteiger partial charge on any atom is 0.119 e. The van der Waals surface area contributed by atoms with Crippen LogP contribution in [0.25, 0.3) is 0 Å². The maximum atomic E-state index is 5.33. The van der Waals surface area contributed by atoms with Gasteiger partial charge < -0.3 is 10.1 Å². The second kappa shape index (κ2) is 6.29. The summed E-state index contributed by atoms with van der Waals surface area (Å²) in [5.74, 6) is 0.958. The molecular weight excluding hydrogens is 334 g/mol. The van der Waals surface area contributed by atoms with E-state index in [1.165, 1.54) is 32.6 Å². The minimum Gasteiger partial charge on any atom is -0.497 e. The number of thiophene rings is 1. The van der Waals surface area contributed by atoms with Crippen molar-refractivity contribution in [2.75, 3.05) is 13.7 Å². The van der Waals surface area contributed by atoms with Crippen LogP contribution in [0.3, 0.4) is 0 Å². The molecule has 2 nitrogen and oxygen atoms in total. The molecule has 1 aromatic heterocycles. The zero-order chi connectivity index (χ0) is 13.9. The Hall–Kier alpha value is -0.840. The first-order valence-corrected chi connectivity index (χ1v) is 8.51. The van der Waals surface area contributed by atoms with E-state index in [0.717, 1.165) is 18.7 Å². The SMILES string of the molecule is COc1ccc2c(c1)C(NCCc1ccc(Br)s1)CC2. The molecule has 4 heteroatoms. The highest BCUT2D eigenvalue weighted by molar-refractivity contribution is 9.11. The molecular formula is C16H18BrNOS. The molecule has 1 unspecified atom stereocenters. The Kier molecular flexibility index (Phi) is 4.44. The number of hydrogen-bond acceptors (Lipinski definition) is 3. The highest BCUT2D eigenvalue weighted by Crippen LogP contribution is 2.33. The van der Waals surface area contributed by atoms with E-state index in [0.29, 0.717) is 6.04 Å². The van der Waals surface area contributed by atoms with Gasteiger partial charge in [0, 0.05) is 17.5 Å². The maximum absolute atomic E-state index is 5.33. The van der Waals surface area contributed by atoms with Gasteiger partial charge in [0.2, 0.25) is 0 Å². The van der Waals surface area contributed by atoms with Gasteiger partial charge >= 0.3 is 0 Å². The molecule has 20 heavy (non-hydrogen) atoms. The number of aryl methyl sites for hydroxylation is 1. The fourth-order valence-corrected chi connectivity index (χ4v) is 4.26. The molecule has 2 aromatic rings. The van der Waals surface area contributed by atoms with Crippen molar-refractivity contribution in [3.8, 4) is 5.75 Å². The zero-order valence-corrected chi connectivity index (χ0v) is 13.9. The molecule has 1 heterocycles. The van der Waals surface area contributed by atoms with Gasteiger partial charge in [-0.25, -0.2) is 0 Å². The Morgan fingerprint density at radius 1 is 1.35 bits per heavy atom. The van der Waals surface area contributed by atoms with Crippen molar-refractivity contribution in [1.29, 1.82) is 0 Å². The summed E-state index contributed by atoms with van der Waals surface area (Å²) in [7, 11) is 1.73. The summed E-state index contributed by atoms with van der Waals surface area (Å²) in [5.41, 5.74) is 2.87. The quantitative estimate of drug-likeness (QED) is 0.864. The average Bonchev–Trinajstić information content (AvgIpc) is 3.05. The van der Waals surface area contributed by atoms with Crippen molar-refractivity contribution >= 4 is 27.3 Å². The summed E-state index contributed by atoms with van der Waals surface area (Å²) >= 11 is 5.33. The summed E-state index contributed by atoms with van der Waals surface area (Å²) < 4.78 is 6.54. The minimum absolute atomic E-state index is 0.475. The molecule has 1 aromatic carbocycles. The van der Waals surface area contributed by atoms with E-state index in [2.05, 4.69) is 51.6 Å². The topological polar surface area (TPSA) is 21.3 Å². The number of methoxy groups -OCH3 is 1. The monoisotopic (exact) mass is 351 g/mol. The highest BCUT2D eigenvalue weighted by Gasteiger charge is 2.22. The average molecular weight is 352 g/mol. The second-order valence-electron chi connectivity index (χ2n) is 5.07. The summed E-state index contributed by atoms with van der Waals surface area (Å²) in [5, 5.41) is 3.68. The van der Waals surface area contributed by atoms with Gasteiger partial charge in [0.05, 0.1) is 10.9 Å². The molecule has 0 fully saturated rings. The van der Waals surface area contributed by atoms with Crippen LogP contribution >= 0.6 is 27.3 Å². The van der Waals surface area contributed by atoms with Crippen LogP contribution in [0.4, 0.5) is 0 Å². The number of halogens is 1. The van der Waals surface area contributed by atoms with Crippen LogP contribution in [-0.2, 0) is 12.8 Å². The van der Waals surface area contributed by atoms with Gasteiger partial charge in [-0.3, -0.25) is 0 Å². The Balaban J connectivity index is 1.60. The number of hydrogen-bond donors (Lipinski definition) is 1. The van der Waals surface area contributed by atoms with Crippen molar-refractivity contribution in [3.63, 3.8) is 0 Å². The van der Waals surface area contributed by atoms with Crippen molar-refractivity contribution in [2.45, 2.75) is 25.3 Å². The van der Waals surface area contributed by atoms with Gasteiger partial charge in [-0.05, 0) is 70.6 Å². The van der Waals surface area contributed by atoms with Crippen LogP contribution in [-0.4, -0.2) is 13.7 Å². The van der Waals surface area contributed by atoms with Gasteiger partial charge in [-0.2, -0.15) is 0 Å². The minimum atomic E-state index is 0.475. The van der Waals surface area contributed by atoms with E-state index >= 15 is 0 Å². The van der Waals surface area contributed by atoms with Gasteiger partial charge in [0.1, 0.15) is 5.75 Å². The van der Waals surface area contributed by atoms with Gasteiger partial charge in [-0.1, -0.05) is 6.07 Å². The van der Waals surface area contributed by atoms with Crippen LogP contribution in [0.15, 0.2) is 34.1 Å². The lowest BCUT2D eigenvalue weighted by molar-refractivity contribution is 0.413. The molecule has 3 rings (SSSR count). The standard InChI is InChI=1S/C16H18BrNOS/c1-19-12-4-2-11-3-6-15(14(11)10-12)18-9-8-13-5-7-16(17)20-13/h2,4-5,7,10,15,18H,3,6,8-9H2,1H3. The fraction of sp³-hybridized carbons (Fsp3) is 0.375. The number of benzene rings is 1.